The molecule has 0 amide bonds. The molecule has 0 aromatic carbocycles. The Morgan fingerprint density at radius 1 is 1.25 bits per heavy atom. The fourth-order valence-corrected chi connectivity index (χ4v) is 2.62. The number of rotatable bonds is 1. The van der Waals surface area contributed by atoms with Gasteiger partial charge in [-0.05, 0) is 24.8 Å². The number of aromatic nitrogens is 1. The third-order valence-corrected chi connectivity index (χ3v) is 3.70. The SMILES string of the molecule is Cc1c(C(C)C)cc2c([n+]1C)CCC=CC2. The van der Waals surface area contributed by atoms with Crippen LogP contribution in [-0.2, 0) is 19.9 Å². The highest BCUT2D eigenvalue weighted by Crippen LogP contribution is 2.22. The van der Waals surface area contributed by atoms with Gasteiger partial charge < -0.3 is 0 Å². The van der Waals surface area contributed by atoms with Gasteiger partial charge in [0, 0.05) is 24.5 Å². The summed E-state index contributed by atoms with van der Waals surface area (Å²) < 4.78 is 2.40. The molecule has 0 N–H and O–H groups in total. The van der Waals surface area contributed by atoms with Crippen molar-refractivity contribution in [3.8, 4) is 0 Å². The highest BCUT2D eigenvalue weighted by Gasteiger charge is 2.21. The van der Waals surface area contributed by atoms with Crippen LogP contribution in [0.1, 0.15) is 48.7 Å². The summed E-state index contributed by atoms with van der Waals surface area (Å²) in [6, 6.07) is 2.42. The molecule has 1 heterocycles. The highest BCUT2D eigenvalue weighted by atomic mass is 14.9. The molecule has 86 valence electrons. The fraction of sp³-hybridized carbons (Fsp3) is 0.533. The Labute approximate surface area is 98.8 Å². The second-order valence-electron chi connectivity index (χ2n) is 5.08. The Bertz CT molecular complexity index is 428. The summed E-state index contributed by atoms with van der Waals surface area (Å²) in [5.74, 6) is 0.615. The van der Waals surface area contributed by atoms with Gasteiger partial charge in [0.05, 0.1) is 0 Å². The molecule has 16 heavy (non-hydrogen) atoms. The Morgan fingerprint density at radius 2 is 2.00 bits per heavy atom. The number of hydrogen-bond donors (Lipinski definition) is 0. The van der Waals surface area contributed by atoms with Crippen molar-refractivity contribution in [1.29, 1.82) is 0 Å². The number of fused-ring (bicyclic) bond motifs is 1. The summed E-state index contributed by atoms with van der Waals surface area (Å²) in [6.07, 6.45) is 8.09. The lowest BCUT2D eigenvalue weighted by molar-refractivity contribution is -0.686. The van der Waals surface area contributed by atoms with E-state index < -0.39 is 0 Å². The predicted molar refractivity (Wildman–Crippen MR) is 67.6 cm³/mol. The maximum atomic E-state index is 2.42. The third-order valence-electron chi connectivity index (χ3n) is 3.70. The highest BCUT2D eigenvalue weighted by molar-refractivity contribution is 5.30. The van der Waals surface area contributed by atoms with Crippen LogP contribution >= 0.6 is 0 Å². The smallest absolute Gasteiger partial charge is 0.185 e. The Morgan fingerprint density at radius 3 is 2.69 bits per heavy atom. The lowest BCUT2D eigenvalue weighted by Crippen LogP contribution is -2.39. The van der Waals surface area contributed by atoms with Gasteiger partial charge in [0.2, 0.25) is 0 Å². The van der Waals surface area contributed by atoms with E-state index in [-0.39, 0.29) is 0 Å². The van der Waals surface area contributed by atoms with Gasteiger partial charge in [-0.3, -0.25) is 0 Å². The second-order valence-corrected chi connectivity index (χ2v) is 5.08. The van der Waals surface area contributed by atoms with E-state index in [1.54, 1.807) is 0 Å². The number of pyridine rings is 1. The minimum absolute atomic E-state index is 0.615. The van der Waals surface area contributed by atoms with E-state index in [9.17, 15) is 0 Å². The van der Waals surface area contributed by atoms with E-state index in [2.05, 4.69) is 50.6 Å². The van der Waals surface area contributed by atoms with E-state index in [1.165, 1.54) is 35.4 Å². The topological polar surface area (TPSA) is 3.88 Å². The second kappa shape index (κ2) is 4.40. The molecule has 0 atom stereocenters. The molecule has 1 aromatic rings. The van der Waals surface area contributed by atoms with Crippen molar-refractivity contribution in [2.24, 2.45) is 7.05 Å². The summed E-state index contributed by atoms with van der Waals surface area (Å²) in [7, 11) is 2.21. The first-order chi connectivity index (χ1) is 7.61. The lowest BCUT2D eigenvalue weighted by atomic mass is 9.96. The molecule has 1 nitrogen and oxygen atoms in total. The standard InChI is InChI=1S/C15H22N/c1-11(2)14-10-13-8-6-5-7-9-15(13)16(4)12(14)3/h5-6,10-11H,7-9H2,1-4H3/q+1. The van der Waals surface area contributed by atoms with E-state index in [4.69, 9.17) is 0 Å². The van der Waals surface area contributed by atoms with Crippen molar-refractivity contribution < 1.29 is 4.57 Å². The van der Waals surface area contributed by atoms with Gasteiger partial charge >= 0.3 is 0 Å². The molecule has 0 saturated heterocycles. The van der Waals surface area contributed by atoms with E-state index in [0.29, 0.717) is 5.92 Å². The zero-order chi connectivity index (χ0) is 11.7. The van der Waals surface area contributed by atoms with E-state index in [1.807, 2.05) is 0 Å². The Balaban J connectivity index is 2.58. The van der Waals surface area contributed by atoms with Crippen molar-refractivity contribution >= 4 is 0 Å². The van der Waals surface area contributed by atoms with Gasteiger partial charge in [-0.25, -0.2) is 4.57 Å². The van der Waals surface area contributed by atoms with Crippen LogP contribution in [0.25, 0.3) is 0 Å². The maximum Gasteiger partial charge on any atom is 0.185 e. The van der Waals surface area contributed by atoms with Crippen LogP contribution in [0.5, 0.6) is 0 Å². The van der Waals surface area contributed by atoms with Crippen LogP contribution in [0.4, 0.5) is 0 Å². The monoisotopic (exact) mass is 216 g/mol. The third kappa shape index (κ3) is 1.91. The molecule has 2 rings (SSSR count). The first-order valence-corrected chi connectivity index (χ1v) is 6.27. The number of allylic oxidation sites excluding steroid dienone is 2. The van der Waals surface area contributed by atoms with Gasteiger partial charge in [0.1, 0.15) is 7.05 Å². The first kappa shape index (κ1) is 11.4. The van der Waals surface area contributed by atoms with Crippen molar-refractivity contribution in [2.75, 3.05) is 0 Å². The zero-order valence-electron chi connectivity index (χ0n) is 10.9. The summed E-state index contributed by atoms with van der Waals surface area (Å²) in [5.41, 5.74) is 5.96. The van der Waals surface area contributed by atoms with Crippen molar-refractivity contribution in [1.82, 2.24) is 0 Å². The molecule has 1 aliphatic rings. The van der Waals surface area contributed by atoms with Crippen LogP contribution in [0.2, 0.25) is 0 Å². The maximum absolute atomic E-state index is 2.42. The van der Waals surface area contributed by atoms with Gasteiger partial charge in [-0.1, -0.05) is 26.0 Å². The van der Waals surface area contributed by atoms with Crippen molar-refractivity contribution in [2.45, 2.75) is 46.0 Å². The van der Waals surface area contributed by atoms with Crippen LogP contribution in [0.3, 0.4) is 0 Å². The number of nitrogens with zero attached hydrogens (tertiary/aromatic N) is 1. The Hall–Kier alpha value is -1.11. The zero-order valence-corrected chi connectivity index (χ0v) is 10.9. The molecular formula is C15H22N+. The summed E-state index contributed by atoms with van der Waals surface area (Å²) >= 11 is 0. The normalized spacial score (nSPS) is 15.1. The van der Waals surface area contributed by atoms with Crippen LogP contribution in [-0.4, -0.2) is 0 Å². The summed E-state index contributed by atoms with van der Waals surface area (Å²) in [5, 5.41) is 0. The first-order valence-electron chi connectivity index (χ1n) is 6.27. The quantitative estimate of drug-likeness (QED) is 0.502. The molecule has 1 aliphatic carbocycles. The van der Waals surface area contributed by atoms with E-state index in [0.717, 1.165) is 6.42 Å². The Kier molecular flexibility index (Phi) is 3.13. The molecule has 0 spiro atoms. The van der Waals surface area contributed by atoms with Gasteiger partial charge in [-0.2, -0.15) is 0 Å². The number of hydrogen-bond acceptors (Lipinski definition) is 0. The molecule has 0 aliphatic heterocycles. The molecule has 1 heteroatoms. The van der Waals surface area contributed by atoms with Gasteiger partial charge in [0.15, 0.2) is 11.4 Å². The summed E-state index contributed by atoms with van der Waals surface area (Å²) in [4.78, 5) is 0. The van der Waals surface area contributed by atoms with Crippen LogP contribution < -0.4 is 4.57 Å². The molecule has 0 radical (unpaired) electrons. The average molecular weight is 216 g/mol. The van der Waals surface area contributed by atoms with Gasteiger partial charge in [-0.15, -0.1) is 0 Å². The molecule has 1 aromatic heterocycles. The minimum atomic E-state index is 0.615. The predicted octanol–water partition coefficient (Wildman–Crippen LogP) is 2.99. The summed E-state index contributed by atoms with van der Waals surface area (Å²) in [6.45, 7) is 6.80. The largest absolute Gasteiger partial charge is 0.202 e. The molecule has 0 bridgehead atoms. The van der Waals surface area contributed by atoms with Crippen molar-refractivity contribution in [3.63, 3.8) is 0 Å². The molecule has 0 saturated carbocycles. The van der Waals surface area contributed by atoms with Gasteiger partial charge in [0.25, 0.3) is 0 Å². The van der Waals surface area contributed by atoms with Crippen LogP contribution in [0.15, 0.2) is 18.2 Å². The van der Waals surface area contributed by atoms with Crippen molar-refractivity contribution in [3.05, 3.63) is 40.7 Å². The average Bonchev–Trinajstić information content (AvgIpc) is 2.48. The molecule has 0 unspecified atom stereocenters. The minimum Gasteiger partial charge on any atom is -0.202 e. The van der Waals surface area contributed by atoms with Crippen LogP contribution in [0, 0.1) is 6.92 Å². The molecular weight excluding hydrogens is 194 g/mol. The lowest BCUT2D eigenvalue weighted by Gasteiger charge is -2.13. The van der Waals surface area contributed by atoms with E-state index >= 15 is 0 Å². The fourth-order valence-electron chi connectivity index (χ4n) is 2.62. The molecule has 0 fully saturated rings.